The number of carbonyl (C=O) groups is 2. The van der Waals surface area contributed by atoms with Gasteiger partial charge in [0.05, 0.1) is 0 Å². The number of hydrogen-bond acceptors (Lipinski definition) is 4. The number of amides is 2. The summed E-state index contributed by atoms with van der Waals surface area (Å²) in [5, 5.41) is 0. The first-order valence-electron chi connectivity index (χ1n) is 8.70. The van der Waals surface area contributed by atoms with Gasteiger partial charge < -0.3 is 9.47 Å². The quantitative estimate of drug-likeness (QED) is 0.554. The van der Waals surface area contributed by atoms with Gasteiger partial charge in [-0.1, -0.05) is 37.3 Å². The second-order valence-electron chi connectivity index (χ2n) is 5.90. The van der Waals surface area contributed by atoms with Crippen LogP contribution in [0.1, 0.15) is 29.3 Å². The zero-order valence-corrected chi connectivity index (χ0v) is 15.5. The van der Waals surface area contributed by atoms with Crippen molar-refractivity contribution < 1.29 is 19.1 Å². The number of benzene rings is 2. The molecule has 142 valence electrons. The van der Waals surface area contributed by atoms with Crippen LogP contribution in [0, 0.1) is 6.92 Å². The van der Waals surface area contributed by atoms with Crippen molar-refractivity contribution in [2.75, 3.05) is 6.61 Å². The van der Waals surface area contributed by atoms with Crippen LogP contribution in [0.25, 0.3) is 0 Å². The minimum absolute atomic E-state index is 0.390. The van der Waals surface area contributed by atoms with E-state index in [1.54, 1.807) is 42.5 Å². The molecule has 0 saturated heterocycles. The topological polar surface area (TPSA) is 76.7 Å². The van der Waals surface area contributed by atoms with Crippen LogP contribution >= 0.6 is 0 Å². The van der Waals surface area contributed by atoms with Crippen molar-refractivity contribution in [1.82, 2.24) is 10.9 Å². The third-order valence-corrected chi connectivity index (χ3v) is 3.75. The molecular formula is C21H24N2O4. The second-order valence-corrected chi connectivity index (χ2v) is 5.90. The smallest absolute Gasteiger partial charge is 0.279 e. The fourth-order valence-electron chi connectivity index (χ4n) is 2.23. The highest BCUT2D eigenvalue weighted by Gasteiger charge is 2.19. The largest absolute Gasteiger partial charge is 0.490 e. The standard InChI is InChI=1S/C21H24N2O4/c1-4-14-26-17-12-8-16(9-13-17)20(24)22-23-21(25)19(5-2)27-18-10-6-15(3)7-11-18/h4,6-13,19H,1,5,14H2,2-3H3,(H,22,24)(H,23,25). The fourth-order valence-corrected chi connectivity index (χ4v) is 2.23. The first kappa shape index (κ1) is 20.0. The number of hydrogen-bond donors (Lipinski definition) is 2. The molecule has 27 heavy (non-hydrogen) atoms. The molecule has 1 unspecified atom stereocenters. The van der Waals surface area contributed by atoms with E-state index in [2.05, 4.69) is 17.4 Å². The van der Waals surface area contributed by atoms with Gasteiger partial charge in [0, 0.05) is 5.56 Å². The van der Waals surface area contributed by atoms with Gasteiger partial charge in [-0.25, -0.2) is 0 Å². The molecule has 2 aromatic carbocycles. The molecule has 0 fully saturated rings. The Labute approximate surface area is 159 Å². The lowest BCUT2D eigenvalue weighted by molar-refractivity contribution is -0.128. The summed E-state index contributed by atoms with van der Waals surface area (Å²) < 4.78 is 11.0. The van der Waals surface area contributed by atoms with Crippen LogP contribution in [0.4, 0.5) is 0 Å². The van der Waals surface area contributed by atoms with Crippen LogP contribution in [-0.4, -0.2) is 24.5 Å². The molecule has 0 aliphatic heterocycles. The molecule has 0 spiro atoms. The lowest BCUT2D eigenvalue weighted by atomic mass is 10.2. The van der Waals surface area contributed by atoms with Crippen molar-refractivity contribution in [3.63, 3.8) is 0 Å². The maximum Gasteiger partial charge on any atom is 0.279 e. The third kappa shape index (κ3) is 6.18. The van der Waals surface area contributed by atoms with Crippen LogP contribution in [0.3, 0.4) is 0 Å². The van der Waals surface area contributed by atoms with E-state index in [4.69, 9.17) is 9.47 Å². The molecule has 0 radical (unpaired) electrons. The SMILES string of the molecule is C=CCOc1ccc(C(=O)NNC(=O)C(CC)Oc2ccc(C)cc2)cc1. The van der Waals surface area contributed by atoms with Gasteiger partial charge in [-0.15, -0.1) is 0 Å². The summed E-state index contributed by atoms with van der Waals surface area (Å²) in [6, 6.07) is 14.0. The first-order chi connectivity index (χ1) is 13.0. The molecule has 2 N–H and O–H groups in total. The summed E-state index contributed by atoms with van der Waals surface area (Å²) in [4.78, 5) is 24.4. The Kier molecular flexibility index (Phi) is 7.43. The van der Waals surface area contributed by atoms with Gasteiger partial charge in [-0.05, 0) is 49.7 Å². The zero-order valence-electron chi connectivity index (χ0n) is 15.5. The van der Waals surface area contributed by atoms with Crippen molar-refractivity contribution in [2.45, 2.75) is 26.4 Å². The molecule has 0 aliphatic carbocycles. The Balaban J connectivity index is 1.87. The lowest BCUT2D eigenvalue weighted by Crippen LogP contribution is -2.47. The Morgan fingerprint density at radius 1 is 1.04 bits per heavy atom. The lowest BCUT2D eigenvalue weighted by Gasteiger charge is -2.17. The molecule has 0 saturated carbocycles. The van der Waals surface area contributed by atoms with E-state index in [1.807, 2.05) is 26.0 Å². The molecule has 1 atom stereocenters. The summed E-state index contributed by atoms with van der Waals surface area (Å²) in [5.41, 5.74) is 6.30. The minimum Gasteiger partial charge on any atom is -0.490 e. The highest BCUT2D eigenvalue weighted by molar-refractivity contribution is 5.95. The number of ether oxygens (including phenoxy) is 2. The van der Waals surface area contributed by atoms with E-state index < -0.39 is 17.9 Å². The Hall–Kier alpha value is -3.28. The summed E-state index contributed by atoms with van der Waals surface area (Å²) in [7, 11) is 0. The van der Waals surface area contributed by atoms with Crippen LogP contribution in [0.15, 0.2) is 61.2 Å². The van der Waals surface area contributed by atoms with Crippen LogP contribution in [0.5, 0.6) is 11.5 Å². The maximum atomic E-state index is 12.3. The van der Waals surface area contributed by atoms with Crippen LogP contribution < -0.4 is 20.3 Å². The molecule has 6 nitrogen and oxygen atoms in total. The Morgan fingerprint density at radius 2 is 1.67 bits per heavy atom. The van der Waals surface area contributed by atoms with Crippen molar-refractivity contribution in [2.24, 2.45) is 0 Å². The molecule has 2 aromatic rings. The average Bonchev–Trinajstić information content (AvgIpc) is 2.70. The van der Waals surface area contributed by atoms with E-state index in [-0.39, 0.29) is 0 Å². The summed E-state index contributed by atoms with van der Waals surface area (Å²) in [6.45, 7) is 7.77. The Bertz CT molecular complexity index is 770. The fraction of sp³-hybridized carbons (Fsp3) is 0.238. The van der Waals surface area contributed by atoms with Crippen LogP contribution in [0.2, 0.25) is 0 Å². The maximum absolute atomic E-state index is 12.3. The van der Waals surface area contributed by atoms with E-state index >= 15 is 0 Å². The number of aryl methyl sites for hydroxylation is 1. The number of nitrogens with one attached hydrogen (secondary N) is 2. The third-order valence-electron chi connectivity index (χ3n) is 3.75. The van der Waals surface area contributed by atoms with Crippen molar-refractivity contribution >= 4 is 11.8 Å². The zero-order chi connectivity index (χ0) is 19.6. The average molecular weight is 368 g/mol. The number of rotatable bonds is 8. The highest BCUT2D eigenvalue weighted by Crippen LogP contribution is 2.15. The molecule has 0 bridgehead atoms. The summed E-state index contributed by atoms with van der Waals surface area (Å²) in [6.07, 6.45) is 1.40. The molecule has 0 heterocycles. The molecule has 0 aromatic heterocycles. The van der Waals surface area contributed by atoms with E-state index in [0.717, 1.165) is 5.56 Å². The molecular weight excluding hydrogens is 344 g/mol. The predicted octanol–water partition coefficient (Wildman–Crippen LogP) is 3.18. The van der Waals surface area contributed by atoms with Gasteiger partial charge in [0.2, 0.25) is 0 Å². The molecule has 2 rings (SSSR count). The van der Waals surface area contributed by atoms with Gasteiger partial charge in [0.15, 0.2) is 6.10 Å². The van der Waals surface area contributed by atoms with Crippen molar-refractivity contribution in [3.8, 4) is 11.5 Å². The minimum atomic E-state index is -0.706. The first-order valence-corrected chi connectivity index (χ1v) is 8.70. The van der Waals surface area contributed by atoms with Gasteiger partial charge >= 0.3 is 0 Å². The van der Waals surface area contributed by atoms with Crippen molar-refractivity contribution in [3.05, 3.63) is 72.3 Å². The van der Waals surface area contributed by atoms with Gasteiger partial charge in [-0.2, -0.15) is 0 Å². The van der Waals surface area contributed by atoms with Crippen LogP contribution in [-0.2, 0) is 4.79 Å². The van der Waals surface area contributed by atoms with E-state index in [0.29, 0.717) is 30.1 Å². The normalized spacial score (nSPS) is 11.2. The molecule has 0 aliphatic rings. The van der Waals surface area contributed by atoms with E-state index in [1.165, 1.54) is 0 Å². The number of carbonyl (C=O) groups excluding carboxylic acids is 2. The molecule has 2 amide bonds. The summed E-state index contributed by atoms with van der Waals surface area (Å²) >= 11 is 0. The van der Waals surface area contributed by atoms with Gasteiger partial charge in [0.1, 0.15) is 18.1 Å². The second kappa shape index (κ2) is 10.0. The number of hydrazine groups is 1. The monoisotopic (exact) mass is 368 g/mol. The summed E-state index contributed by atoms with van der Waals surface area (Å²) in [5.74, 6) is 0.387. The Morgan fingerprint density at radius 3 is 2.26 bits per heavy atom. The highest BCUT2D eigenvalue weighted by atomic mass is 16.5. The predicted molar refractivity (Wildman–Crippen MR) is 104 cm³/mol. The van der Waals surface area contributed by atoms with Gasteiger partial charge in [-0.3, -0.25) is 20.4 Å². The van der Waals surface area contributed by atoms with Crippen molar-refractivity contribution in [1.29, 1.82) is 0 Å². The molecule has 6 heteroatoms. The van der Waals surface area contributed by atoms with E-state index in [9.17, 15) is 9.59 Å². The van der Waals surface area contributed by atoms with Gasteiger partial charge in [0.25, 0.3) is 11.8 Å².